The highest BCUT2D eigenvalue weighted by Crippen LogP contribution is 2.33. The van der Waals surface area contributed by atoms with Gasteiger partial charge in [0.15, 0.2) is 0 Å². The zero-order valence-electron chi connectivity index (χ0n) is 9.94. The third-order valence-electron chi connectivity index (χ3n) is 3.91. The first-order valence-electron chi connectivity index (χ1n) is 6.26. The van der Waals surface area contributed by atoms with Crippen LogP contribution >= 0.6 is 23.2 Å². The fourth-order valence-electron chi connectivity index (χ4n) is 2.89. The van der Waals surface area contributed by atoms with Crippen molar-refractivity contribution in [3.05, 3.63) is 21.7 Å². The maximum absolute atomic E-state index is 9.54. The average molecular weight is 288 g/mol. The summed E-state index contributed by atoms with van der Waals surface area (Å²) in [4.78, 5) is 10.6. The molecule has 1 aromatic rings. The van der Waals surface area contributed by atoms with Crippen molar-refractivity contribution in [2.75, 3.05) is 0 Å². The second-order valence-corrected chi connectivity index (χ2v) is 5.77. The van der Waals surface area contributed by atoms with Crippen LogP contribution in [0.5, 0.6) is 0 Å². The Kier molecular flexibility index (Phi) is 3.45. The monoisotopic (exact) mass is 287 g/mol. The van der Waals surface area contributed by atoms with E-state index in [0.717, 1.165) is 50.0 Å². The van der Waals surface area contributed by atoms with E-state index in [4.69, 9.17) is 23.2 Å². The van der Waals surface area contributed by atoms with Crippen LogP contribution < -0.4 is 0 Å². The van der Waals surface area contributed by atoms with Gasteiger partial charge in [0.05, 0.1) is 11.8 Å². The summed E-state index contributed by atoms with van der Waals surface area (Å²) >= 11 is 11.9. The molecule has 0 spiro atoms. The van der Waals surface area contributed by atoms with E-state index in [1.54, 1.807) is 0 Å². The third-order valence-corrected chi connectivity index (χ3v) is 4.39. The minimum atomic E-state index is -0.121. The summed E-state index contributed by atoms with van der Waals surface area (Å²) in [6.45, 7) is 1.59. The van der Waals surface area contributed by atoms with Gasteiger partial charge in [0.1, 0.15) is 5.15 Å². The molecule has 6 heteroatoms. The van der Waals surface area contributed by atoms with Crippen LogP contribution in [0.2, 0.25) is 10.4 Å². The Morgan fingerprint density at radius 2 is 1.78 bits per heavy atom. The Morgan fingerprint density at radius 3 is 2.50 bits per heavy atom. The average Bonchev–Trinajstić information content (AvgIpc) is 2.74. The number of aliphatic hydroxyl groups is 1. The Bertz CT molecular complexity index is 461. The number of aromatic nitrogens is 2. The lowest BCUT2D eigenvalue weighted by Gasteiger charge is -2.32. The summed E-state index contributed by atoms with van der Waals surface area (Å²) in [6, 6.07) is 0.512. The normalized spacial score (nSPS) is 28.4. The summed E-state index contributed by atoms with van der Waals surface area (Å²) < 4.78 is 0. The van der Waals surface area contributed by atoms with Crippen molar-refractivity contribution >= 4 is 23.2 Å². The molecule has 4 nitrogen and oxygen atoms in total. The summed E-state index contributed by atoms with van der Waals surface area (Å²) in [7, 11) is 0. The van der Waals surface area contributed by atoms with Crippen molar-refractivity contribution < 1.29 is 5.11 Å². The standard InChI is InChI=1S/C12H15Cl2N3O/c13-11-9-5-17(6-10(9)15-12(14)16-11)7-1-3-8(18)4-2-7/h7-8,18H,1-6H2. The van der Waals surface area contributed by atoms with E-state index in [-0.39, 0.29) is 11.4 Å². The van der Waals surface area contributed by atoms with Crippen molar-refractivity contribution in [1.29, 1.82) is 0 Å². The number of nitrogens with zero attached hydrogens (tertiary/aromatic N) is 3. The van der Waals surface area contributed by atoms with Gasteiger partial charge in [-0.1, -0.05) is 11.6 Å². The van der Waals surface area contributed by atoms with Gasteiger partial charge in [0.2, 0.25) is 5.28 Å². The van der Waals surface area contributed by atoms with Crippen molar-refractivity contribution in [2.24, 2.45) is 0 Å². The molecular formula is C12H15Cl2N3O. The van der Waals surface area contributed by atoms with Crippen LogP contribution in [0.1, 0.15) is 36.9 Å². The molecular weight excluding hydrogens is 273 g/mol. The van der Waals surface area contributed by atoms with E-state index in [1.807, 2.05) is 0 Å². The molecule has 0 radical (unpaired) electrons. The highest BCUT2D eigenvalue weighted by molar-refractivity contribution is 6.32. The Hall–Kier alpha value is -0.420. The van der Waals surface area contributed by atoms with Crippen LogP contribution in [0.3, 0.4) is 0 Å². The molecule has 1 fully saturated rings. The fourth-order valence-corrected chi connectivity index (χ4v) is 3.37. The Balaban J connectivity index is 1.75. The minimum absolute atomic E-state index is 0.121. The van der Waals surface area contributed by atoms with Gasteiger partial charge in [-0.25, -0.2) is 9.97 Å². The molecule has 0 unspecified atom stereocenters. The lowest BCUT2D eigenvalue weighted by molar-refractivity contribution is 0.0723. The number of rotatable bonds is 1. The molecule has 3 rings (SSSR count). The van der Waals surface area contributed by atoms with Crippen LogP contribution in [0.4, 0.5) is 0 Å². The smallest absolute Gasteiger partial charge is 0.224 e. The molecule has 1 saturated carbocycles. The second-order valence-electron chi connectivity index (χ2n) is 5.08. The lowest BCUT2D eigenvalue weighted by Crippen LogP contribution is -2.35. The van der Waals surface area contributed by atoms with Crippen LogP contribution in [0.25, 0.3) is 0 Å². The Morgan fingerprint density at radius 1 is 1.06 bits per heavy atom. The van der Waals surface area contributed by atoms with E-state index in [9.17, 15) is 5.11 Å². The second kappa shape index (κ2) is 4.93. The van der Waals surface area contributed by atoms with E-state index in [1.165, 1.54) is 0 Å². The van der Waals surface area contributed by atoms with Crippen LogP contribution in [0.15, 0.2) is 0 Å². The number of hydrogen-bond acceptors (Lipinski definition) is 4. The zero-order chi connectivity index (χ0) is 12.7. The molecule has 0 aromatic carbocycles. The molecule has 18 heavy (non-hydrogen) atoms. The van der Waals surface area contributed by atoms with Gasteiger partial charge in [-0.3, -0.25) is 4.90 Å². The van der Waals surface area contributed by atoms with E-state index in [2.05, 4.69) is 14.9 Å². The molecule has 1 N–H and O–H groups in total. The molecule has 1 aliphatic heterocycles. The van der Waals surface area contributed by atoms with E-state index in [0.29, 0.717) is 11.2 Å². The number of hydrogen-bond donors (Lipinski definition) is 1. The van der Waals surface area contributed by atoms with Gasteiger partial charge in [0.25, 0.3) is 0 Å². The predicted molar refractivity (Wildman–Crippen MR) is 69.6 cm³/mol. The van der Waals surface area contributed by atoms with Gasteiger partial charge in [-0.15, -0.1) is 0 Å². The molecule has 2 heterocycles. The summed E-state index contributed by atoms with van der Waals surface area (Å²) in [6.07, 6.45) is 3.72. The lowest BCUT2D eigenvalue weighted by atomic mass is 9.92. The first-order chi connectivity index (χ1) is 8.63. The third kappa shape index (κ3) is 2.35. The van der Waals surface area contributed by atoms with Crippen LogP contribution in [-0.2, 0) is 13.1 Å². The highest BCUT2D eigenvalue weighted by atomic mass is 35.5. The molecule has 0 amide bonds. The molecule has 98 valence electrons. The van der Waals surface area contributed by atoms with E-state index < -0.39 is 0 Å². The maximum atomic E-state index is 9.54. The molecule has 1 aromatic heterocycles. The Labute approximate surface area is 116 Å². The number of fused-ring (bicyclic) bond motifs is 1. The zero-order valence-corrected chi connectivity index (χ0v) is 11.5. The quantitative estimate of drug-likeness (QED) is 0.637. The van der Waals surface area contributed by atoms with Crippen molar-refractivity contribution in [3.8, 4) is 0 Å². The fraction of sp³-hybridized carbons (Fsp3) is 0.667. The predicted octanol–water partition coefficient (Wildman–Crippen LogP) is 2.40. The highest BCUT2D eigenvalue weighted by Gasteiger charge is 2.31. The summed E-state index contributed by atoms with van der Waals surface area (Å²) in [5.74, 6) is 0. The van der Waals surface area contributed by atoms with Gasteiger partial charge < -0.3 is 5.11 Å². The van der Waals surface area contributed by atoms with Gasteiger partial charge in [-0.2, -0.15) is 0 Å². The van der Waals surface area contributed by atoms with Crippen molar-refractivity contribution in [2.45, 2.75) is 50.9 Å². The van der Waals surface area contributed by atoms with E-state index >= 15 is 0 Å². The number of aliphatic hydroxyl groups excluding tert-OH is 1. The molecule has 2 aliphatic rings. The first kappa shape index (κ1) is 12.6. The topological polar surface area (TPSA) is 49.2 Å². The van der Waals surface area contributed by atoms with Gasteiger partial charge >= 0.3 is 0 Å². The maximum Gasteiger partial charge on any atom is 0.224 e. The van der Waals surface area contributed by atoms with Crippen molar-refractivity contribution in [3.63, 3.8) is 0 Å². The molecule has 0 atom stereocenters. The molecule has 0 saturated heterocycles. The van der Waals surface area contributed by atoms with Gasteiger partial charge in [-0.05, 0) is 37.3 Å². The first-order valence-corrected chi connectivity index (χ1v) is 7.02. The summed E-state index contributed by atoms with van der Waals surface area (Å²) in [5, 5.41) is 10.2. The largest absolute Gasteiger partial charge is 0.393 e. The van der Waals surface area contributed by atoms with Gasteiger partial charge in [0, 0.05) is 24.7 Å². The SMILES string of the molecule is OC1CCC(N2Cc3nc(Cl)nc(Cl)c3C2)CC1. The molecule has 1 aliphatic carbocycles. The summed E-state index contributed by atoms with van der Waals surface area (Å²) in [5.41, 5.74) is 1.96. The van der Waals surface area contributed by atoms with Crippen LogP contribution in [0, 0.1) is 0 Å². The van der Waals surface area contributed by atoms with Crippen molar-refractivity contribution in [1.82, 2.24) is 14.9 Å². The van der Waals surface area contributed by atoms with Crippen LogP contribution in [-0.4, -0.2) is 32.1 Å². The molecule has 0 bridgehead atoms. The number of halogens is 2. The minimum Gasteiger partial charge on any atom is -0.393 e.